The van der Waals surface area contributed by atoms with Crippen LogP contribution in [0.5, 0.6) is 5.75 Å². The topological polar surface area (TPSA) is 94.9 Å². The van der Waals surface area contributed by atoms with Crippen LogP contribution in [0, 0.1) is 0 Å². The van der Waals surface area contributed by atoms with Crippen molar-refractivity contribution in [3.05, 3.63) is 30.5 Å². The number of aromatic nitrogens is 1. The van der Waals surface area contributed by atoms with Gasteiger partial charge in [-0.15, -0.1) is 0 Å². The number of hydrogen-bond donors (Lipinski definition) is 4. The molecule has 102 valence electrons. The summed E-state index contributed by atoms with van der Waals surface area (Å²) in [7, 11) is 0. The average Bonchev–Trinajstić information content (AvgIpc) is 2.98. The summed E-state index contributed by atoms with van der Waals surface area (Å²) in [4.78, 5) is 3.06. The Morgan fingerprint density at radius 2 is 2.05 bits per heavy atom. The number of benzene rings is 1. The minimum atomic E-state index is -1.18. The van der Waals surface area contributed by atoms with Crippen LogP contribution in [0.3, 0.4) is 0 Å². The fraction of sp³-hybridized carbons (Fsp3) is 0.385. The Labute approximate surface area is 109 Å². The van der Waals surface area contributed by atoms with Crippen LogP contribution in [0.2, 0.25) is 0 Å². The lowest BCUT2D eigenvalue weighted by Gasteiger charge is -2.16. The number of aromatic amines is 1. The zero-order valence-electron chi connectivity index (χ0n) is 10.1. The van der Waals surface area contributed by atoms with Gasteiger partial charge in [0.2, 0.25) is 6.29 Å². The molecular weight excluding hydrogens is 250 g/mol. The highest BCUT2D eigenvalue weighted by molar-refractivity contribution is 5.80. The Morgan fingerprint density at radius 1 is 1.21 bits per heavy atom. The van der Waals surface area contributed by atoms with Gasteiger partial charge in [-0.05, 0) is 24.3 Å². The highest BCUT2D eigenvalue weighted by Gasteiger charge is 2.43. The van der Waals surface area contributed by atoms with Crippen LogP contribution < -0.4 is 4.74 Å². The van der Waals surface area contributed by atoms with Crippen LogP contribution in [0.15, 0.2) is 30.5 Å². The first kappa shape index (κ1) is 12.4. The summed E-state index contributed by atoms with van der Waals surface area (Å²) in [6.07, 6.45) is -2.31. The third kappa shape index (κ3) is 2.19. The zero-order valence-corrected chi connectivity index (χ0v) is 10.1. The van der Waals surface area contributed by atoms with Gasteiger partial charge in [0.1, 0.15) is 24.1 Å². The van der Waals surface area contributed by atoms with E-state index in [1.165, 1.54) is 0 Å². The van der Waals surface area contributed by atoms with E-state index in [1.54, 1.807) is 12.1 Å². The van der Waals surface area contributed by atoms with E-state index in [2.05, 4.69) is 4.98 Å². The summed E-state index contributed by atoms with van der Waals surface area (Å²) in [5, 5.41) is 29.4. The number of hydrogen-bond acceptors (Lipinski definition) is 5. The van der Waals surface area contributed by atoms with Crippen molar-refractivity contribution in [2.75, 3.05) is 6.61 Å². The maximum atomic E-state index is 9.78. The van der Waals surface area contributed by atoms with Gasteiger partial charge in [-0.1, -0.05) is 0 Å². The molecule has 0 spiro atoms. The molecule has 4 N–H and O–H groups in total. The van der Waals surface area contributed by atoms with Gasteiger partial charge in [0.15, 0.2) is 0 Å². The molecule has 2 heterocycles. The van der Waals surface area contributed by atoms with E-state index in [0.717, 1.165) is 10.9 Å². The maximum Gasteiger partial charge on any atom is 0.229 e. The number of nitrogens with one attached hydrogen (secondary N) is 1. The van der Waals surface area contributed by atoms with E-state index < -0.39 is 24.6 Å². The summed E-state index contributed by atoms with van der Waals surface area (Å²) in [6.45, 7) is -0.366. The highest BCUT2D eigenvalue weighted by Crippen LogP contribution is 2.26. The van der Waals surface area contributed by atoms with Crippen molar-refractivity contribution in [2.24, 2.45) is 0 Å². The minimum absolute atomic E-state index is 0.366. The van der Waals surface area contributed by atoms with Crippen LogP contribution in [0.25, 0.3) is 10.9 Å². The third-order valence-electron chi connectivity index (χ3n) is 3.28. The molecule has 1 aliphatic rings. The second kappa shape index (κ2) is 4.82. The average molecular weight is 265 g/mol. The molecule has 1 fully saturated rings. The van der Waals surface area contributed by atoms with Gasteiger partial charge in [-0.3, -0.25) is 0 Å². The summed E-state index contributed by atoms with van der Waals surface area (Å²) < 4.78 is 10.8. The van der Waals surface area contributed by atoms with Crippen LogP contribution in [0.1, 0.15) is 0 Å². The molecule has 2 aromatic rings. The van der Waals surface area contributed by atoms with Gasteiger partial charge in [-0.2, -0.15) is 0 Å². The summed E-state index contributed by atoms with van der Waals surface area (Å²) in [5.74, 6) is 0.530. The van der Waals surface area contributed by atoms with Gasteiger partial charge in [-0.25, -0.2) is 0 Å². The second-order valence-corrected chi connectivity index (χ2v) is 4.55. The normalized spacial score (nSPS) is 30.9. The molecule has 4 atom stereocenters. The van der Waals surface area contributed by atoms with Crippen LogP contribution >= 0.6 is 0 Å². The molecular formula is C13H15NO5. The van der Waals surface area contributed by atoms with E-state index in [1.807, 2.05) is 18.3 Å². The van der Waals surface area contributed by atoms with E-state index in [-0.39, 0.29) is 6.61 Å². The van der Waals surface area contributed by atoms with Crippen molar-refractivity contribution >= 4 is 10.9 Å². The van der Waals surface area contributed by atoms with E-state index >= 15 is 0 Å². The molecule has 6 heteroatoms. The van der Waals surface area contributed by atoms with Crippen molar-refractivity contribution in [1.82, 2.24) is 4.98 Å². The molecule has 1 aromatic carbocycles. The predicted octanol–water partition coefficient (Wildman–Crippen LogP) is -0.0143. The molecule has 19 heavy (non-hydrogen) atoms. The summed E-state index contributed by atoms with van der Waals surface area (Å²) in [5.41, 5.74) is 0.980. The molecule has 0 aliphatic carbocycles. The van der Waals surface area contributed by atoms with Gasteiger partial charge in [0.25, 0.3) is 0 Å². The summed E-state index contributed by atoms with van der Waals surface area (Å²) >= 11 is 0. The smallest absolute Gasteiger partial charge is 0.229 e. The van der Waals surface area contributed by atoms with E-state index in [9.17, 15) is 10.2 Å². The maximum absolute atomic E-state index is 9.78. The van der Waals surface area contributed by atoms with Gasteiger partial charge < -0.3 is 29.8 Å². The molecule has 3 rings (SSSR count). The standard InChI is InChI=1S/C13H15NO5/c15-6-10-11(16)12(17)13(19-10)18-8-1-2-9-7(5-8)3-4-14-9/h1-5,10-17H,6H2/t10-,11+,12-,13-/m1/s1. The van der Waals surface area contributed by atoms with E-state index in [0.29, 0.717) is 5.75 Å². The number of aliphatic hydroxyl groups is 3. The third-order valence-corrected chi connectivity index (χ3v) is 3.28. The largest absolute Gasteiger partial charge is 0.462 e. The van der Waals surface area contributed by atoms with Crippen LogP contribution in [-0.4, -0.2) is 51.5 Å². The SMILES string of the molecule is OC[C@H]1O[C@@H](Oc2ccc3[nH]ccc3c2)[C@H](O)[C@H]1O. The predicted molar refractivity (Wildman–Crippen MR) is 66.7 cm³/mol. The molecule has 0 saturated carbocycles. The summed E-state index contributed by atoms with van der Waals surface area (Å²) in [6, 6.07) is 7.31. The first-order valence-corrected chi connectivity index (χ1v) is 6.05. The Bertz CT molecular complexity index is 569. The minimum Gasteiger partial charge on any atom is -0.462 e. The fourth-order valence-corrected chi connectivity index (χ4v) is 2.20. The monoisotopic (exact) mass is 265 g/mol. The molecule has 6 nitrogen and oxygen atoms in total. The molecule has 0 unspecified atom stereocenters. The Hall–Kier alpha value is -1.60. The number of ether oxygens (including phenoxy) is 2. The lowest BCUT2D eigenvalue weighted by molar-refractivity contribution is -0.116. The highest BCUT2D eigenvalue weighted by atomic mass is 16.7. The van der Waals surface area contributed by atoms with Crippen molar-refractivity contribution in [3.63, 3.8) is 0 Å². The van der Waals surface area contributed by atoms with E-state index in [4.69, 9.17) is 14.6 Å². The van der Waals surface area contributed by atoms with Crippen LogP contribution in [-0.2, 0) is 4.74 Å². The Balaban J connectivity index is 1.77. The first-order chi connectivity index (χ1) is 9.19. The molecule has 1 aromatic heterocycles. The van der Waals surface area contributed by atoms with Gasteiger partial charge in [0.05, 0.1) is 6.61 Å². The number of aliphatic hydroxyl groups excluding tert-OH is 3. The number of fused-ring (bicyclic) bond motifs is 1. The molecule has 0 radical (unpaired) electrons. The first-order valence-electron chi connectivity index (χ1n) is 6.05. The number of rotatable bonds is 3. The Morgan fingerprint density at radius 3 is 2.79 bits per heavy atom. The number of H-pyrrole nitrogens is 1. The molecule has 0 amide bonds. The van der Waals surface area contributed by atoms with Crippen molar-refractivity contribution in [1.29, 1.82) is 0 Å². The second-order valence-electron chi connectivity index (χ2n) is 4.55. The fourth-order valence-electron chi connectivity index (χ4n) is 2.20. The van der Waals surface area contributed by atoms with Gasteiger partial charge >= 0.3 is 0 Å². The van der Waals surface area contributed by atoms with Crippen molar-refractivity contribution in [2.45, 2.75) is 24.6 Å². The van der Waals surface area contributed by atoms with Crippen LogP contribution in [0.4, 0.5) is 0 Å². The van der Waals surface area contributed by atoms with Gasteiger partial charge in [0, 0.05) is 17.1 Å². The molecule has 1 saturated heterocycles. The van der Waals surface area contributed by atoms with Crippen molar-refractivity contribution in [3.8, 4) is 5.75 Å². The zero-order chi connectivity index (χ0) is 13.4. The quantitative estimate of drug-likeness (QED) is 0.626. The molecule has 1 aliphatic heterocycles. The lowest BCUT2D eigenvalue weighted by Crippen LogP contribution is -2.35. The lowest BCUT2D eigenvalue weighted by atomic mass is 10.1. The van der Waals surface area contributed by atoms with Crippen molar-refractivity contribution < 1.29 is 24.8 Å². The molecule has 0 bridgehead atoms. The Kier molecular flexibility index (Phi) is 3.16.